The fraction of sp³-hybridized carbons (Fsp3) is 0.667. The molecule has 7 heteroatoms. The second kappa shape index (κ2) is 5.64. The maximum absolute atomic E-state index is 11.5. The molecule has 1 heterocycles. The van der Waals surface area contributed by atoms with Crippen LogP contribution in [0.3, 0.4) is 0 Å². The molecule has 2 N–H and O–H groups in total. The Balaban J connectivity index is 1.66. The molecule has 1 aliphatic rings. The molecule has 1 amide bonds. The highest BCUT2D eigenvalue weighted by atomic mass is 35.5. The second-order valence-electron chi connectivity index (χ2n) is 5.53. The maximum atomic E-state index is 11.5. The summed E-state index contributed by atoms with van der Waals surface area (Å²) < 4.78 is 5.89. The largest absolute Gasteiger partial charge is 0.444 e. The monoisotopic (exact) mass is 303 g/mol. The molecule has 0 bridgehead atoms. The number of aromatic nitrogens is 1. The minimum Gasteiger partial charge on any atom is -0.444 e. The van der Waals surface area contributed by atoms with E-state index >= 15 is 0 Å². The fourth-order valence-electron chi connectivity index (χ4n) is 1.63. The quantitative estimate of drug-likeness (QED) is 0.897. The van der Waals surface area contributed by atoms with Gasteiger partial charge in [-0.05, 0) is 27.2 Å². The van der Waals surface area contributed by atoms with Crippen molar-refractivity contribution in [2.75, 3.05) is 0 Å². The number of ether oxygens (including phenoxy) is 1. The Morgan fingerprint density at radius 3 is 2.89 bits per heavy atom. The third-order valence-corrected chi connectivity index (χ3v) is 3.65. The number of alkyl carbamates (subject to hydrolysis) is 1. The highest BCUT2D eigenvalue weighted by Gasteiger charge is 2.38. The lowest BCUT2D eigenvalue weighted by molar-refractivity contribution is 0.0522. The summed E-state index contributed by atoms with van der Waals surface area (Å²) >= 11 is 7.27. The summed E-state index contributed by atoms with van der Waals surface area (Å²) in [6.07, 6.45) is 2.20. The summed E-state index contributed by atoms with van der Waals surface area (Å²) in [6, 6.07) is 0.431. The Morgan fingerprint density at radius 2 is 2.32 bits per heavy atom. The molecule has 0 aromatic carbocycles. The zero-order chi connectivity index (χ0) is 14.0. The van der Waals surface area contributed by atoms with Gasteiger partial charge in [0.25, 0.3) is 0 Å². The first-order valence-corrected chi connectivity index (χ1v) is 7.36. The number of thiazole rings is 1. The Bertz CT molecular complexity index is 458. The number of amides is 1. The van der Waals surface area contributed by atoms with Crippen molar-refractivity contribution in [2.45, 2.75) is 51.4 Å². The average molecular weight is 304 g/mol. The molecule has 1 aliphatic carbocycles. The van der Waals surface area contributed by atoms with Gasteiger partial charge in [-0.15, -0.1) is 11.3 Å². The van der Waals surface area contributed by atoms with Crippen LogP contribution in [0.15, 0.2) is 6.20 Å². The molecule has 0 radical (unpaired) electrons. The molecule has 1 aromatic heterocycles. The number of hydrogen-bond donors (Lipinski definition) is 2. The van der Waals surface area contributed by atoms with Crippen molar-refractivity contribution >= 4 is 29.0 Å². The smallest absolute Gasteiger partial charge is 0.407 e. The van der Waals surface area contributed by atoms with Gasteiger partial charge in [0.2, 0.25) is 0 Å². The molecule has 1 aromatic rings. The first-order chi connectivity index (χ1) is 8.83. The van der Waals surface area contributed by atoms with Gasteiger partial charge in [-0.1, -0.05) is 11.6 Å². The summed E-state index contributed by atoms with van der Waals surface area (Å²) in [6.45, 7) is 6.22. The SMILES string of the molecule is CC(C)(C)OC(=O)NC1CC1NCc1ncc(Cl)s1. The number of nitrogens with one attached hydrogen (secondary N) is 2. The lowest BCUT2D eigenvalue weighted by Crippen LogP contribution is -2.36. The van der Waals surface area contributed by atoms with Crippen LogP contribution < -0.4 is 10.6 Å². The molecule has 0 aliphatic heterocycles. The first-order valence-electron chi connectivity index (χ1n) is 6.16. The van der Waals surface area contributed by atoms with E-state index in [9.17, 15) is 4.79 Å². The normalized spacial score (nSPS) is 22.1. The van der Waals surface area contributed by atoms with E-state index in [0.29, 0.717) is 10.9 Å². The number of hydrogen-bond acceptors (Lipinski definition) is 5. The van der Waals surface area contributed by atoms with E-state index in [2.05, 4.69) is 15.6 Å². The zero-order valence-electron chi connectivity index (χ0n) is 11.2. The van der Waals surface area contributed by atoms with E-state index in [1.165, 1.54) is 11.3 Å². The van der Waals surface area contributed by atoms with Crippen molar-refractivity contribution in [3.8, 4) is 0 Å². The van der Waals surface area contributed by atoms with Crippen LogP contribution in [-0.2, 0) is 11.3 Å². The van der Waals surface area contributed by atoms with Crippen LogP contribution in [0.5, 0.6) is 0 Å². The van der Waals surface area contributed by atoms with Gasteiger partial charge >= 0.3 is 6.09 Å². The van der Waals surface area contributed by atoms with Crippen molar-refractivity contribution in [2.24, 2.45) is 0 Å². The van der Waals surface area contributed by atoms with Crippen molar-refractivity contribution in [1.82, 2.24) is 15.6 Å². The van der Waals surface area contributed by atoms with Crippen molar-refractivity contribution in [3.63, 3.8) is 0 Å². The van der Waals surface area contributed by atoms with Crippen molar-refractivity contribution < 1.29 is 9.53 Å². The topological polar surface area (TPSA) is 63.2 Å². The first kappa shape index (κ1) is 14.6. The average Bonchev–Trinajstić information content (AvgIpc) is 2.84. The van der Waals surface area contributed by atoms with Crippen LogP contribution in [0.4, 0.5) is 4.79 Å². The Labute approximate surface area is 121 Å². The zero-order valence-corrected chi connectivity index (χ0v) is 12.8. The standard InChI is InChI=1S/C12H18ClN3O2S/c1-12(2,3)18-11(17)16-8-4-7(8)14-6-10-15-5-9(13)19-10/h5,7-8,14H,4,6H2,1-3H3,(H,16,17). The Kier molecular flexibility index (Phi) is 4.32. The van der Waals surface area contributed by atoms with Crippen molar-refractivity contribution in [3.05, 3.63) is 15.5 Å². The highest BCUT2D eigenvalue weighted by molar-refractivity contribution is 7.15. The van der Waals surface area contributed by atoms with Gasteiger partial charge < -0.3 is 15.4 Å². The third-order valence-electron chi connectivity index (χ3n) is 2.53. The van der Waals surface area contributed by atoms with E-state index in [1.807, 2.05) is 20.8 Å². The molecule has 19 heavy (non-hydrogen) atoms. The highest BCUT2D eigenvalue weighted by Crippen LogP contribution is 2.24. The maximum Gasteiger partial charge on any atom is 0.407 e. The molecule has 106 valence electrons. The predicted octanol–water partition coefficient (Wildman–Crippen LogP) is 2.55. The number of carbonyl (C=O) groups excluding carboxylic acids is 1. The fourth-order valence-corrected chi connectivity index (χ4v) is 2.53. The van der Waals surface area contributed by atoms with Gasteiger partial charge in [0.1, 0.15) is 14.9 Å². The number of halogens is 1. The van der Waals surface area contributed by atoms with E-state index in [-0.39, 0.29) is 18.2 Å². The summed E-state index contributed by atoms with van der Waals surface area (Å²) in [4.78, 5) is 15.7. The minimum absolute atomic E-state index is 0.144. The lowest BCUT2D eigenvalue weighted by atomic mass is 10.2. The summed E-state index contributed by atoms with van der Waals surface area (Å²) in [5, 5.41) is 7.11. The second-order valence-corrected chi connectivity index (χ2v) is 7.28. The van der Waals surface area contributed by atoms with Crippen LogP contribution in [0.2, 0.25) is 4.34 Å². The molecule has 0 spiro atoms. The van der Waals surface area contributed by atoms with Gasteiger partial charge in [-0.2, -0.15) is 0 Å². The van der Waals surface area contributed by atoms with Crippen LogP contribution in [0.25, 0.3) is 0 Å². The van der Waals surface area contributed by atoms with E-state index in [1.54, 1.807) is 6.20 Å². The van der Waals surface area contributed by atoms with Crippen LogP contribution in [0, 0.1) is 0 Å². The molecular formula is C12H18ClN3O2S. The van der Waals surface area contributed by atoms with E-state index in [0.717, 1.165) is 11.4 Å². The summed E-state index contributed by atoms with van der Waals surface area (Å²) in [5.41, 5.74) is -0.459. The lowest BCUT2D eigenvalue weighted by Gasteiger charge is -2.19. The van der Waals surface area contributed by atoms with E-state index in [4.69, 9.17) is 16.3 Å². The molecule has 2 unspecified atom stereocenters. The minimum atomic E-state index is -0.459. The van der Waals surface area contributed by atoms with Crippen molar-refractivity contribution in [1.29, 1.82) is 0 Å². The third kappa shape index (κ3) is 4.97. The van der Waals surface area contributed by atoms with Crippen LogP contribution in [-0.4, -0.2) is 28.8 Å². The van der Waals surface area contributed by atoms with Gasteiger partial charge in [-0.3, -0.25) is 0 Å². The molecule has 0 saturated heterocycles. The van der Waals surface area contributed by atoms with E-state index < -0.39 is 5.60 Å². The summed E-state index contributed by atoms with van der Waals surface area (Å²) in [5.74, 6) is 0. The van der Waals surface area contributed by atoms with Crippen LogP contribution in [0.1, 0.15) is 32.2 Å². The molecule has 5 nitrogen and oxygen atoms in total. The number of rotatable bonds is 4. The summed E-state index contributed by atoms with van der Waals surface area (Å²) in [7, 11) is 0. The molecule has 2 atom stereocenters. The Hall–Kier alpha value is -0.850. The molecule has 1 saturated carbocycles. The van der Waals surface area contributed by atoms with Gasteiger partial charge in [0, 0.05) is 18.6 Å². The Morgan fingerprint density at radius 1 is 1.58 bits per heavy atom. The predicted molar refractivity (Wildman–Crippen MR) is 75.5 cm³/mol. The molecular weight excluding hydrogens is 286 g/mol. The molecule has 2 rings (SSSR count). The number of nitrogens with zero attached hydrogens (tertiary/aromatic N) is 1. The van der Waals surface area contributed by atoms with Crippen LogP contribution >= 0.6 is 22.9 Å². The number of carbonyl (C=O) groups is 1. The van der Waals surface area contributed by atoms with Gasteiger partial charge in [0.05, 0.1) is 6.20 Å². The molecule has 1 fully saturated rings. The van der Waals surface area contributed by atoms with Gasteiger partial charge in [0.15, 0.2) is 0 Å². The van der Waals surface area contributed by atoms with Gasteiger partial charge in [-0.25, -0.2) is 9.78 Å².